The number of imide groups is 1. The zero-order chi connectivity index (χ0) is 16.4. The van der Waals surface area contributed by atoms with Crippen molar-refractivity contribution in [1.82, 2.24) is 4.90 Å². The number of carbonyl (C=O) groups excluding carboxylic acids is 3. The van der Waals surface area contributed by atoms with Crippen LogP contribution in [0.25, 0.3) is 0 Å². The van der Waals surface area contributed by atoms with Crippen molar-refractivity contribution in [2.45, 2.75) is 26.3 Å². The van der Waals surface area contributed by atoms with Crippen LogP contribution in [-0.2, 0) is 16.1 Å². The molecule has 118 valence electrons. The van der Waals surface area contributed by atoms with E-state index in [1.165, 1.54) is 16.2 Å². The van der Waals surface area contributed by atoms with Crippen LogP contribution < -0.4 is 5.32 Å². The third kappa shape index (κ3) is 3.48. The van der Waals surface area contributed by atoms with Crippen LogP contribution in [0.15, 0.2) is 36.4 Å². The van der Waals surface area contributed by atoms with Crippen molar-refractivity contribution in [2.75, 3.05) is 5.32 Å². The molecule has 1 fully saturated rings. The van der Waals surface area contributed by atoms with Gasteiger partial charge in [-0.3, -0.25) is 19.3 Å². The van der Waals surface area contributed by atoms with Crippen LogP contribution in [0.5, 0.6) is 0 Å². The van der Waals surface area contributed by atoms with Crippen LogP contribution in [0.4, 0.5) is 5.69 Å². The highest BCUT2D eigenvalue weighted by atomic mass is 32.1. The van der Waals surface area contributed by atoms with Crippen LogP contribution in [-0.4, -0.2) is 22.6 Å². The zero-order valence-electron chi connectivity index (χ0n) is 12.7. The number of carbonyl (C=O) groups is 3. The van der Waals surface area contributed by atoms with Crippen LogP contribution in [0.1, 0.15) is 33.0 Å². The minimum Gasteiger partial charge on any atom is -0.321 e. The minimum atomic E-state index is -0.138. The van der Waals surface area contributed by atoms with Gasteiger partial charge in [-0.1, -0.05) is 12.1 Å². The van der Waals surface area contributed by atoms with E-state index < -0.39 is 0 Å². The zero-order valence-corrected chi connectivity index (χ0v) is 13.5. The van der Waals surface area contributed by atoms with E-state index in [4.69, 9.17) is 0 Å². The van der Waals surface area contributed by atoms with E-state index in [2.05, 4.69) is 5.32 Å². The topological polar surface area (TPSA) is 66.5 Å². The lowest BCUT2D eigenvalue weighted by Crippen LogP contribution is -2.28. The highest BCUT2D eigenvalue weighted by Gasteiger charge is 2.28. The Morgan fingerprint density at radius 1 is 1.09 bits per heavy atom. The molecule has 0 aliphatic carbocycles. The van der Waals surface area contributed by atoms with Gasteiger partial charge in [0.05, 0.1) is 11.4 Å². The molecule has 0 unspecified atom stereocenters. The first-order valence-electron chi connectivity index (χ1n) is 7.33. The molecule has 23 heavy (non-hydrogen) atoms. The van der Waals surface area contributed by atoms with Crippen molar-refractivity contribution in [3.63, 3.8) is 0 Å². The predicted molar refractivity (Wildman–Crippen MR) is 88.2 cm³/mol. The van der Waals surface area contributed by atoms with Crippen LogP contribution >= 0.6 is 11.3 Å². The van der Waals surface area contributed by atoms with E-state index >= 15 is 0 Å². The first-order chi connectivity index (χ1) is 11.0. The van der Waals surface area contributed by atoms with Crippen molar-refractivity contribution >= 4 is 34.7 Å². The highest BCUT2D eigenvalue weighted by molar-refractivity contribution is 7.14. The average Bonchev–Trinajstić information content (AvgIpc) is 3.10. The Kier molecular flexibility index (Phi) is 4.25. The standard InChI is InChI=1S/C17H16N2O3S/c1-11-2-7-14(23-11)17(22)18-13-5-3-12(4-6-13)10-19-15(20)8-9-16(19)21/h2-7H,8-10H2,1H3,(H,18,22). The molecule has 0 saturated carbocycles. The third-order valence-electron chi connectivity index (χ3n) is 3.67. The lowest BCUT2D eigenvalue weighted by Gasteiger charge is -2.14. The number of nitrogens with zero attached hydrogens (tertiary/aromatic N) is 1. The van der Waals surface area contributed by atoms with Gasteiger partial charge in [-0.2, -0.15) is 0 Å². The number of aryl methyl sites for hydroxylation is 1. The molecule has 0 bridgehead atoms. The quantitative estimate of drug-likeness (QED) is 0.878. The SMILES string of the molecule is Cc1ccc(C(=O)Nc2ccc(CN3C(=O)CCC3=O)cc2)s1. The Hall–Kier alpha value is -2.47. The summed E-state index contributed by atoms with van der Waals surface area (Å²) in [6, 6.07) is 10.9. The maximum absolute atomic E-state index is 12.1. The molecule has 3 rings (SSSR count). The summed E-state index contributed by atoms with van der Waals surface area (Å²) in [6.07, 6.45) is 0.598. The number of benzene rings is 1. The number of likely N-dealkylation sites (tertiary alicyclic amines) is 1. The molecule has 5 nitrogen and oxygen atoms in total. The monoisotopic (exact) mass is 328 g/mol. The first-order valence-corrected chi connectivity index (χ1v) is 8.14. The first kappa shape index (κ1) is 15.4. The van der Waals surface area contributed by atoms with Gasteiger partial charge in [0.15, 0.2) is 0 Å². The van der Waals surface area contributed by atoms with Gasteiger partial charge in [0.25, 0.3) is 5.91 Å². The number of rotatable bonds is 4. The summed E-state index contributed by atoms with van der Waals surface area (Å²) in [7, 11) is 0. The second-order valence-corrected chi connectivity index (χ2v) is 6.72. The molecule has 1 aliphatic heterocycles. The number of anilines is 1. The van der Waals surface area contributed by atoms with E-state index in [-0.39, 0.29) is 24.3 Å². The molecule has 1 aromatic carbocycles. The number of hydrogen-bond acceptors (Lipinski definition) is 4. The van der Waals surface area contributed by atoms with Gasteiger partial charge in [0, 0.05) is 23.4 Å². The maximum Gasteiger partial charge on any atom is 0.265 e. The van der Waals surface area contributed by atoms with E-state index in [1.807, 2.05) is 25.1 Å². The average molecular weight is 328 g/mol. The van der Waals surface area contributed by atoms with Crippen LogP contribution in [0.2, 0.25) is 0 Å². The molecule has 1 aliphatic rings. The number of amides is 3. The molecule has 1 N–H and O–H groups in total. The summed E-state index contributed by atoms with van der Waals surface area (Å²) in [5, 5.41) is 2.83. The Bertz CT molecular complexity index is 748. The highest BCUT2D eigenvalue weighted by Crippen LogP contribution is 2.19. The normalized spacial score (nSPS) is 14.4. The Balaban J connectivity index is 1.64. The molecule has 0 spiro atoms. The van der Waals surface area contributed by atoms with Crippen molar-refractivity contribution in [3.05, 3.63) is 51.7 Å². The molecule has 0 radical (unpaired) electrons. The van der Waals surface area contributed by atoms with Crippen molar-refractivity contribution in [1.29, 1.82) is 0 Å². The van der Waals surface area contributed by atoms with Gasteiger partial charge in [0.1, 0.15) is 0 Å². The van der Waals surface area contributed by atoms with Gasteiger partial charge >= 0.3 is 0 Å². The van der Waals surface area contributed by atoms with Crippen LogP contribution in [0.3, 0.4) is 0 Å². The summed E-state index contributed by atoms with van der Waals surface area (Å²) >= 11 is 1.45. The minimum absolute atomic E-state index is 0.125. The van der Waals surface area contributed by atoms with Crippen molar-refractivity contribution in [3.8, 4) is 0 Å². The van der Waals surface area contributed by atoms with Gasteiger partial charge < -0.3 is 5.32 Å². The lowest BCUT2D eigenvalue weighted by molar-refractivity contribution is -0.139. The molecular weight excluding hydrogens is 312 g/mol. The smallest absolute Gasteiger partial charge is 0.265 e. The molecule has 0 atom stereocenters. The molecule has 1 aromatic heterocycles. The van der Waals surface area contributed by atoms with Crippen molar-refractivity contribution < 1.29 is 14.4 Å². The van der Waals surface area contributed by atoms with Gasteiger partial charge in [-0.05, 0) is 36.8 Å². The van der Waals surface area contributed by atoms with Crippen LogP contribution in [0, 0.1) is 6.92 Å². The summed E-state index contributed by atoms with van der Waals surface area (Å²) in [5.74, 6) is -0.387. The Morgan fingerprint density at radius 2 is 1.74 bits per heavy atom. The van der Waals surface area contributed by atoms with Crippen molar-refractivity contribution in [2.24, 2.45) is 0 Å². The van der Waals surface area contributed by atoms with E-state index in [0.29, 0.717) is 23.4 Å². The third-order valence-corrected chi connectivity index (χ3v) is 4.67. The molecule has 6 heteroatoms. The molecular formula is C17H16N2O3S. The molecule has 2 aromatic rings. The van der Waals surface area contributed by atoms with Gasteiger partial charge in [0.2, 0.25) is 11.8 Å². The molecule has 2 heterocycles. The number of hydrogen-bond donors (Lipinski definition) is 1. The summed E-state index contributed by atoms with van der Waals surface area (Å²) in [4.78, 5) is 38.3. The second kappa shape index (κ2) is 6.34. The Labute approximate surface area is 137 Å². The number of nitrogens with one attached hydrogen (secondary N) is 1. The predicted octanol–water partition coefficient (Wildman–Crippen LogP) is 2.96. The van der Waals surface area contributed by atoms with E-state index in [9.17, 15) is 14.4 Å². The second-order valence-electron chi connectivity index (χ2n) is 5.43. The van der Waals surface area contributed by atoms with E-state index in [0.717, 1.165) is 10.4 Å². The molecule has 3 amide bonds. The summed E-state index contributed by atoms with van der Waals surface area (Å²) in [5.41, 5.74) is 1.54. The fraction of sp³-hybridized carbons (Fsp3) is 0.235. The fourth-order valence-electron chi connectivity index (χ4n) is 2.42. The fourth-order valence-corrected chi connectivity index (χ4v) is 3.19. The molecule has 1 saturated heterocycles. The maximum atomic E-state index is 12.1. The van der Waals surface area contributed by atoms with Gasteiger partial charge in [-0.25, -0.2) is 0 Å². The van der Waals surface area contributed by atoms with Gasteiger partial charge in [-0.15, -0.1) is 11.3 Å². The van der Waals surface area contributed by atoms with E-state index in [1.54, 1.807) is 18.2 Å². The summed E-state index contributed by atoms with van der Waals surface area (Å²) in [6.45, 7) is 2.24. The summed E-state index contributed by atoms with van der Waals surface area (Å²) < 4.78 is 0. The lowest BCUT2D eigenvalue weighted by atomic mass is 10.2. The number of thiophene rings is 1. The Morgan fingerprint density at radius 3 is 2.30 bits per heavy atom. The largest absolute Gasteiger partial charge is 0.321 e.